The Labute approximate surface area is 112 Å². The molecule has 0 radical (unpaired) electrons. The number of hydrogen-bond donors (Lipinski definition) is 1. The van der Waals surface area contributed by atoms with Crippen LogP contribution in [0.4, 0.5) is 4.39 Å². The van der Waals surface area contributed by atoms with Gasteiger partial charge in [0.2, 0.25) is 0 Å². The Balaban J connectivity index is 2.15. The van der Waals surface area contributed by atoms with Crippen LogP contribution >= 0.6 is 0 Å². The molecule has 4 nitrogen and oxygen atoms in total. The molecule has 2 rings (SSSR count). The number of hydrogen-bond acceptors (Lipinski definition) is 3. The highest BCUT2D eigenvalue weighted by Gasteiger charge is 2.10. The van der Waals surface area contributed by atoms with E-state index >= 15 is 0 Å². The summed E-state index contributed by atoms with van der Waals surface area (Å²) in [7, 11) is 0. The molecular weight excluding hydrogens is 245 g/mol. The summed E-state index contributed by atoms with van der Waals surface area (Å²) in [5.41, 5.74) is 7.47. The van der Waals surface area contributed by atoms with Crippen molar-refractivity contribution in [2.45, 2.75) is 33.0 Å². The van der Waals surface area contributed by atoms with Gasteiger partial charge in [-0.1, -0.05) is 0 Å². The first-order chi connectivity index (χ1) is 9.11. The normalized spacial score (nSPS) is 12.4. The van der Waals surface area contributed by atoms with Crippen molar-refractivity contribution in [2.75, 3.05) is 0 Å². The lowest BCUT2D eigenvalue weighted by Gasteiger charge is -2.14. The van der Waals surface area contributed by atoms with Gasteiger partial charge in [-0.05, 0) is 32.0 Å². The number of aryl methyl sites for hydroxylation is 1. The fraction of sp³-hybridized carbons (Fsp3) is 0.357. The van der Waals surface area contributed by atoms with Crippen LogP contribution in [0.25, 0.3) is 0 Å². The van der Waals surface area contributed by atoms with Gasteiger partial charge in [0.1, 0.15) is 18.2 Å². The molecule has 0 aliphatic carbocycles. The largest absolute Gasteiger partial charge is 0.487 e. The molecular formula is C14H18FN3O. The molecule has 19 heavy (non-hydrogen) atoms. The van der Waals surface area contributed by atoms with Crippen molar-refractivity contribution < 1.29 is 9.13 Å². The number of ether oxygens (including phenoxy) is 1. The van der Waals surface area contributed by atoms with E-state index < -0.39 is 0 Å². The second kappa shape index (κ2) is 5.84. The van der Waals surface area contributed by atoms with Crippen molar-refractivity contribution in [3.05, 3.63) is 47.8 Å². The Morgan fingerprint density at radius 1 is 1.47 bits per heavy atom. The van der Waals surface area contributed by atoms with Gasteiger partial charge in [-0.3, -0.25) is 0 Å². The number of rotatable bonds is 5. The standard InChI is InChI=1S/C14H18FN3O/c1-3-18-9-17-7-12(18)8-19-14-5-4-11(15)6-13(14)10(2)16/h4-7,9-10H,3,8,16H2,1-2H3/t10-/m0/s1. The van der Waals surface area contributed by atoms with Gasteiger partial charge in [0.05, 0.1) is 18.2 Å². The van der Waals surface area contributed by atoms with Crippen molar-refractivity contribution in [3.63, 3.8) is 0 Å². The maximum atomic E-state index is 13.2. The summed E-state index contributed by atoms with van der Waals surface area (Å²) in [6.07, 6.45) is 3.52. The first-order valence-electron chi connectivity index (χ1n) is 6.28. The zero-order valence-corrected chi connectivity index (χ0v) is 11.1. The average molecular weight is 263 g/mol. The molecule has 0 aliphatic heterocycles. The lowest BCUT2D eigenvalue weighted by molar-refractivity contribution is 0.290. The summed E-state index contributed by atoms with van der Waals surface area (Å²) in [5, 5.41) is 0. The molecule has 0 unspecified atom stereocenters. The van der Waals surface area contributed by atoms with Gasteiger partial charge in [0.25, 0.3) is 0 Å². The van der Waals surface area contributed by atoms with Gasteiger partial charge in [-0.25, -0.2) is 9.37 Å². The van der Waals surface area contributed by atoms with E-state index in [4.69, 9.17) is 10.5 Å². The van der Waals surface area contributed by atoms with Gasteiger partial charge in [-0.2, -0.15) is 0 Å². The molecule has 102 valence electrons. The fourth-order valence-corrected chi connectivity index (χ4v) is 1.91. The zero-order valence-electron chi connectivity index (χ0n) is 11.1. The first kappa shape index (κ1) is 13.5. The Morgan fingerprint density at radius 2 is 2.26 bits per heavy atom. The second-order valence-electron chi connectivity index (χ2n) is 4.43. The van der Waals surface area contributed by atoms with Crippen LogP contribution < -0.4 is 10.5 Å². The molecule has 1 aromatic heterocycles. The average Bonchev–Trinajstić information content (AvgIpc) is 2.84. The van der Waals surface area contributed by atoms with Gasteiger partial charge in [-0.15, -0.1) is 0 Å². The van der Waals surface area contributed by atoms with E-state index in [1.807, 2.05) is 11.5 Å². The van der Waals surface area contributed by atoms with E-state index in [1.54, 1.807) is 25.5 Å². The van der Waals surface area contributed by atoms with Gasteiger partial charge in [0, 0.05) is 18.2 Å². The molecule has 2 aromatic rings. The minimum atomic E-state index is -0.307. The Hall–Kier alpha value is -1.88. The predicted molar refractivity (Wildman–Crippen MR) is 71.2 cm³/mol. The molecule has 1 aromatic carbocycles. The third-order valence-electron chi connectivity index (χ3n) is 2.98. The lowest BCUT2D eigenvalue weighted by Crippen LogP contribution is -2.10. The van der Waals surface area contributed by atoms with Gasteiger partial charge < -0.3 is 15.0 Å². The number of benzene rings is 1. The summed E-state index contributed by atoms with van der Waals surface area (Å²) >= 11 is 0. The van der Waals surface area contributed by atoms with Crippen molar-refractivity contribution in [3.8, 4) is 5.75 Å². The van der Waals surface area contributed by atoms with E-state index in [0.717, 1.165) is 12.2 Å². The molecule has 0 saturated heterocycles. The second-order valence-corrected chi connectivity index (χ2v) is 4.43. The van der Waals surface area contributed by atoms with Gasteiger partial charge in [0.15, 0.2) is 0 Å². The third kappa shape index (κ3) is 3.12. The zero-order chi connectivity index (χ0) is 13.8. The lowest BCUT2D eigenvalue weighted by atomic mass is 10.1. The number of nitrogens with two attached hydrogens (primary N) is 1. The van der Waals surface area contributed by atoms with E-state index in [1.165, 1.54) is 12.1 Å². The minimum Gasteiger partial charge on any atom is -0.487 e. The smallest absolute Gasteiger partial charge is 0.130 e. The van der Waals surface area contributed by atoms with Crippen LogP contribution in [-0.4, -0.2) is 9.55 Å². The number of aromatic nitrogens is 2. The molecule has 0 aliphatic rings. The SMILES string of the molecule is CCn1cncc1COc1ccc(F)cc1[C@H](C)N. The number of imidazole rings is 1. The summed E-state index contributed by atoms with van der Waals surface area (Å²) in [5.74, 6) is 0.304. The fourth-order valence-electron chi connectivity index (χ4n) is 1.91. The van der Waals surface area contributed by atoms with Crippen LogP contribution in [0.1, 0.15) is 31.1 Å². The van der Waals surface area contributed by atoms with Crippen molar-refractivity contribution in [2.24, 2.45) is 5.73 Å². The highest BCUT2D eigenvalue weighted by Crippen LogP contribution is 2.25. The van der Waals surface area contributed by atoms with E-state index in [9.17, 15) is 4.39 Å². The van der Waals surface area contributed by atoms with E-state index in [0.29, 0.717) is 17.9 Å². The van der Waals surface area contributed by atoms with Crippen LogP contribution in [0.2, 0.25) is 0 Å². The van der Waals surface area contributed by atoms with E-state index in [-0.39, 0.29) is 11.9 Å². The maximum absolute atomic E-state index is 13.2. The van der Waals surface area contributed by atoms with Gasteiger partial charge >= 0.3 is 0 Å². The molecule has 0 bridgehead atoms. The molecule has 5 heteroatoms. The Morgan fingerprint density at radius 3 is 2.95 bits per heavy atom. The number of halogens is 1. The topological polar surface area (TPSA) is 53.1 Å². The van der Waals surface area contributed by atoms with Crippen molar-refractivity contribution >= 4 is 0 Å². The summed E-state index contributed by atoms with van der Waals surface area (Å²) in [6, 6.07) is 4.12. The van der Waals surface area contributed by atoms with Crippen LogP contribution in [0.5, 0.6) is 5.75 Å². The summed E-state index contributed by atoms with van der Waals surface area (Å²) in [4.78, 5) is 4.08. The highest BCUT2D eigenvalue weighted by atomic mass is 19.1. The molecule has 0 amide bonds. The Bertz CT molecular complexity index is 551. The number of nitrogens with zero attached hydrogens (tertiary/aromatic N) is 2. The van der Waals surface area contributed by atoms with Crippen molar-refractivity contribution in [1.29, 1.82) is 0 Å². The van der Waals surface area contributed by atoms with E-state index in [2.05, 4.69) is 4.98 Å². The molecule has 0 fully saturated rings. The maximum Gasteiger partial charge on any atom is 0.130 e. The molecule has 0 saturated carbocycles. The third-order valence-corrected chi connectivity index (χ3v) is 2.98. The van der Waals surface area contributed by atoms with Crippen molar-refractivity contribution in [1.82, 2.24) is 9.55 Å². The Kier molecular flexibility index (Phi) is 4.16. The van der Waals surface area contributed by atoms with Crippen LogP contribution in [0.3, 0.4) is 0 Å². The molecule has 1 atom stereocenters. The predicted octanol–water partition coefficient (Wildman–Crippen LogP) is 2.64. The summed E-state index contributed by atoms with van der Waals surface area (Å²) < 4.78 is 20.9. The first-order valence-corrected chi connectivity index (χ1v) is 6.28. The quantitative estimate of drug-likeness (QED) is 0.902. The summed E-state index contributed by atoms with van der Waals surface area (Å²) in [6.45, 7) is 5.07. The van der Waals surface area contributed by atoms with Crippen LogP contribution in [0.15, 0.2) is 30.7 Å². The molecule has 1 heterocycles. The molecule has 0 spiro atoms. The monoisotopic (exact) mass is 263 g/mol. The van der Waals surface area contributed by atoms with Crippen LogP contribution in [0, 0.1) is 5.82 Å². The highest BCUT2D eigenvalue weighted by molar-refractivity contribution is 5.36. The van der Waals surface area contributed by atoms with Crippen LogP contribution in [-0.2, 0) is 13.2 Å². The molecule has 2 N–H and O–H groups in total. The minimum absolute atomic E-state index is 0.276.